The van der Waals surface area contributed by atoms with Crippen molar-refractivity contribution in [2.45, 2.75) is 6.42 Å². The van der Waals surface area contributed by atoms with Crippen molar-refractivity contribution in [3.63, 3.8) is 0 Å². The van der Waals surface area contributed by atoms with E-state index in [1.807, 2.05) is 30.3 Å². The lowest BCUT2D eigenvalue weighted by molar-refractivity contribution is 0.595. The molecule has 19 heavy (non-hydrogen) atoms. The van der Waals surface area contributed by atoms with Gasteiger partial charge in [-0.15, -0.1) is 0 Å². The normalized spacial score (nSPS) is 11.4. The maximum atomic E-state index is 10.8. The molecule has 0 spiro atoms. The largest absolute Gasteiger partial charge is 0.353 e. The summed E-state index contributed by atoms with van der Waals surface area (Å²) in [6.45, 7) is 0.420. The van der Waals surface area contributed by atoms with Crippen molar-refractivity contribution < 1.29 is 8.42 Å². The number of nitrogens with one attached hydrogen (secondary N) is 1. The molecule has 1 aromatic heterocycles. The number of nitrogens with two attached hydrogens (primary N) is 1. The lowest BCUT2D eigenvalue weighted by Gasteiger charge is -2.06. The monoisotopic (exact) mass is 282 g/mol. The van der Waals surface area contributed by atoms with Crippen molar-refractivity contribution in [2.24, 2.45) is 5.14 Å². The predicted molar refractivity (Wildman–Crippen MR) is 70.2 cm³/mol. The summed E-state index contributed by atoms with van der Waals surface area (Å²) in [7, 11) is -3.43. The van der Waals surface area contributed by atoms with Crippen LogP contribution in [0, 0.1) is 0 Å². The van der Waals surface area contributed by atoms with Gasteiger partial charge in [0, 0.05) is 6.54 Å². The molecular formula is C10H14N6O2S. The van der Waals surface area contributed by atoms with Gasteiger partial charge in [-0.1, -0.05) is 23.3 Å². The second-order valence-electron chi connectivity index (χ2n) is 3.90. The first-order valence-electron chi connectivity index (χ1n) is 5.64. The number of rotatable bonds is 6. The van der Waals surface area contributed by atoms with Crippen molar-refractivity contribution >= 4 is 16.0 Å². The highest BCUT2D eigenvalue weighted by molar-refractivity contribution is 7.89. The molecule has 9 heteroatoms. The van der Waals surface area contributed by atoms with E-state index < -0.39 is 10.0 Å². The van der Waals surface area contributed by atoms with Crippen molar-refractivity contribution in [3.05, 3.63) is 30.3 Å². The second kappa shape index (κ2) is 5.76. The smallest absolute Gasteiger partial charge is 0.247 e. The summed E-state index contributed by atoms with van der Waals surface area (Å²) < 4.78 is 23.1. The number of nitrogens with zero attached hydrogens (tertiary/aromatic N) is 4. The quantitative estimate of drug-likeness (QED) is 0.706. The number of anilines is 1. The van der Waals surface area contributed by atoms with Crippen LogP contribution in [0.1, 0.15) is 6.42 Å². The summed E-state index contributed by atoms with van der Waals surface area (Å²) in [6.07, 6.45) is 0.389. The Labute approximate surface area is 110 Å². The van der Waals surface area contributed by atoms with E-state index in [0.717, 1.165) is 5.69 Å². The van der Waals surface area contributed by atoms with Crippen LogP contribution in [0.15, 0.2) is 30.3 Å². The fourth-order valence-corrected chi connectivity index (χ4v) is 2.06. The van der Waals surface area contributed by atoms with Crippen molar-refractivity contribution in [1.29, 1.82) is 0 Å². The topological polar surface area (TPSA) is 116 Å². The maximum Gasteiger partial charge on any atom is 0.247 e. The average Bonchev–Trinajstić information content (AvgIpc) is 2.83. The Balaban J connectivity index is 1.97. The van der Waals surface area contributed by atoms with Gasteiger partial charge in [0.05, 0.1) is 11.4 Å². The molecule has 0 aliphatic rings. The van der Waals surface area contributed by atoms with E-state index in [1.165, 1.54) is 4.68 Å². The molecule has 0 fully saturated rings. The number of primary sulfonamides is 1. The van der Waals surface area contributed by atoms with E-state index in [4.69, 9.17) is 5.14 Å². The fraction of sp³-hybridized carbons (Fsp3) is 0.300. The van der Waals surface area contributed by atoms with E-state index in [2.05, 4.69) is 20.8 Å². The molecule has 1 heterocycles. The van der Waals surface area contributed by atoms with Crippen molar-refractivity contribution in [1.82, 2.24) is 20.2 Å². The average molecular weight is 282 g/mol. The Hall–Kier alpha value is -2.00. The lowest BCUT2D eigenvalue weighted by atomic mass is 10.3. The van der Waals surface area contributed by atoms with Gasteiger partial charge >= 0.3 is 0 Å². The molecule has 2 aromatic rings. The first kappa shape index (κ1) is 13.4. The minimum atomic E-state index is -3.43. The van der Waals surface area contributed by atoms with Crippen LogP contribution < -0.4 is 10.5 Å². The molecule has 0 atom stereocenters. The number of tetrazole rings is 1. The summed E-state index contributed by atoms with van der Waals surface area (Å²) in [5.41, 5.74) is 0.821. The molecule has 0 amide bonds. The van der Waals surface area contributed by atoms with Crippen LogP contribution in [0.3, 0.4) is 0 Å². The molecule has 0 unspecified atom stereocenters. The zero-order chi connectivity index (χ0) is 13.7. The molecule has 3 N–H and O–H groups in total. The number of hydrogen-bond donors (Lipinski definition) is 2. The molecule has 0 bridgehead atoms. The van der Waals surface area contributed by atoms with Gasteiger partial charge in [0.2, 0.25) is 16.0 Å². The molecule has 0 saturated carbocycles. The Morgan fingerprint density at radius 3 is 2.68 bits per heavy atom. The minimum Gasteiger partial charge on any atom is -0.353 e. The van der Waals surface area contributed by atoms with Gasteiger partial charge in [0.15, 0.2) is 0 Å². The molecule has 2 rings (SSSR count). The Morgan fingerprint density at radius 1 is 1.26 bits per heavy atom. The van der Waals surface area contributed by atoms with Crippen LogP contribution in [0.4, 0.5) is 5.95 Å². The fourth-order valence-electron chi connectivity index (χ4n) is 1.51. The van der Waals surface area contributed by atoms with Gasteiger partial charge in [0.1, 0.15) is 0 Å². The van der Waals surface area contributed by atoms with Crippen molar-refractivity contribution in [2.75, 3.05) is 17.6 Å². The first-order chi connectivity index (χ1) is 9.06. The summed E-state index contributed by atoms with van der Waals surface area (Å²) in [4.78, 5) is 0. The molecule has 0 aliphatic carbocycles. The molecule has 102 valence electrons. The van der Waals surface area contributed by atoms with Crippen LogP contribution in [0.25, 0.3) is 5.69 Å². The van der Waals surface area contributed by atoms with Crippen LogP contribution in [-0.2, 0) is 10.0 Å². The van der Waals surface area contributed by atoms with Gasteiger partial charge in [-0.2, -0.15) is 4.68 Å². The third-order valence-corrected chi connectivity index (χ3v) is 3.22. The van der Waals surface area contributed by atoms with Gasteiger partial charge in [-0.3, -0.25) is 0 Å². The van der Waals surface area contributed by atoms with Crippen LogP contribution >= 0.6 is 0 Å². The van der Waals surface area contributed by atoms with Gasteiger partial charge in [-0.05, 0) is 29.0 Å². The molecule has 0 aliphatic heterocycles. The highest BCUT2D eigenvalue weighted by Gasteiger charge is 2.07. The molecule has 1 aromatic carbocycles. The SMILES string of the molecule is NS(=O)(=O)CCCNc1nnnn1-c1ccccc1. The zero-order valence-electron chi connectivity index (χ0n) is 10.1. The summed E-state index contributed by atoms with van der Waals surface area (Å²) in [6, 6.07) is 9.38. The Kier molecular flexibility index (Phi) is 4.07. The number of benzene rings is 1. The lowest BCUT2D eigenvalue weighted by Crippen LogP contribution is -2.19. The van der Waals surface area contributed by atoms with Crippen LogP contribution in [-0.4, -0.2) is 40.9 Å². The molecular weight excluding hydrogens is 268 g/mol. The number of para-hydroxylation sites is 1. The highest BCUT2D eigenvalue weighted by Crippen LogP contribution is 2.10. The Bertz CT molecular complexity index is 624. The van der Waals surface area contributed by atoms with Gasteiger partial charge < -0.3 is 5.32 Å². The van der Waals surface area contributed by atoms with Gasteiger partial charge in [-0.25, -0.2) is 13.6 Å². The minimum absolute atomic E-state index is 0.0765. The zero-order valence-corrected chi connectivity index (χ0v) is 10.9. The number of sulfonamides is 1. The molecule has 8 nitrogen and oxygen atoms in total. The molecule has 0 saturated heterocycles. The van der Waals surface area contributed by atoms with E-state index >= 15 is 0 Å². The third kappa shape index (κ3) is 4.00. The van der Waals surface area contributed by atoms with Crippen LogP contribution in [0.2, 0.25) is 0 Å². The second-order valence-corrected chi connectivity index (χ2v) is 5.63. The third-order valence-electron chi connectivity index (χ3n) is 2.36. The predicted octanol–water partition coefficient (Wildman–Crippen LogP) is -0.247. The Morgan fingerprint density at radius 2 is 2.00 bits per heavy atom. The van der Waals surface area contributed by atoms with E-state index in [0.29, 0.717) is 18.9 Å². The van der Waals surface area contributed by atoms with Crippen molar-refractivity contribution in [3.8, 4) is 5.69 Å². The number of hydrogen-bond acceptors (Lipinski definition) is 6. The first-order valence-corrected chi connectivity index (χ1v) is 7.36. The summed E-state index contributed by atoms with van der Waals surface area (Å²) >= 11 is 0. The van der Waals surface area contributed by atoms with E-state index in [9.17, 15) is 8.42 Å². The van der Waals surface area contributed by atoms with E-state index in [1.54, 1.807) is 0 Å². The van der Waals surface area contributed by atoms with Crippen LogP contribution in [0.5, 0.6) is 0 Å². The number of aromatic nitrogens is 4. The maximum absolute atomic E-state index is 10.8. The summed E-state index contributed by atoms with van der Waals surface area (Å²) in [5.74, 6) is 0.382. The van der Waals surface area contributed by atoms with Gasteiger partial charge in [0.25, 0.3) is 0 Å². The molecule has 0 radical (unpaired) electrons. The van der Waals surface area contributed by atoms with E-state index in [-0.39, 0.29) is 5.75 Å². The highest BCUT2D eigenvalue weighted by atomic mass is 32.2. The standard InChI is InChI=1S/C10H14N6O2S/c11-19(17,18)8-4-7-12-10-13-14-15-16(10)9-5-2-1-3-6-9/h1-3,5-6H,4,7-8H2,(H2,11,17,18)(H,12,13,15). The summed E-state index contributed by atoms with van der Waals surface area (Å²) in [5, 5.41) is 19.2.